The van der Waals surface area contributed by atoms with Gasteiger partial charge in [-0.2, -0.15) is 13.2 Å². The number of rotatable bonds is 4. The topological polar surface area (TPSA) is 76.7 Å². The number of benzene rings is 1. The highest BCUT2D eigenvalue weighted by atomic mass is 19.4. The molecule has 5 rings (SSSR count). The third kappa shape index (κ3) is 3.47. The average molecular weight is 411 g/mol. The first kappa shape index (κ1) is 18.5. The fourth-order valence-corrected chi connectivity index (χ4v) is 3.41. The van der Waals surface area contributed by atoms with Gasteiger partial charge in [0.15, 0.2) is 0 Å². The first-order valence-corrected chi connectivity index (χ1v) is 9.43. The van der Waals surface area contributed by atoms with E-state index in [0.717, 1.165) is 12.8 Å². The van der Waals surface area contributed by atoms with Gasteiger partial charge >= 0.3 is 12.2 Å². The van der Waals surface area contributed by atoms with Gasteiger partial charge < -0.3 is 4.42 Å². The Labute approximate surface area is 169 Å². The van der Waals surface area contributed by atoms with Gasteiger partial charge in [-0.1, -0.05) is 11.2 Å². The fraction of sp³-hybridized carbons (Fsp3) is 0.238. The SMILES string of the molecule is Cc1cc(-c2nnc(Nc3ccccn3)o2)nc2c(C(F)(F)F)cc(C3CC3)cc12. The second-order valence-electron chi connectivity index (χ2n) is 7.31. The van der Waals surface area contributed by atoms with Crippen LogP contribution >= 0.6 is 0 Å². The summed E-state index contributed by atoms with van der Waals surface area (Å²) in [6.07, 6.45) is -1.08. The molecule has 0 bridgehead atoms. The Morgan fingerprint density at radius 1 is 1.10 bits per heavy atom. The van der Waals surface area contributed by atoms with Crippen LogP contribution in [0.25, 0.3) is 22.5 Å². The van der Waals surface area contributed by atoms with Crippen LogP contribution in [-0.2, 0) is 6.18 Å². The number of nitrogens with one attached hydrogen (secondary N) is 1. The standard InChI is InChI=1S/C21H16F3N5O/c1-11-8-16(19-28-29-20(30-19)27-17-4-2-3-7-25-17)26-18-14(11)9-13(12-5-6-12)10-15(18)21(22,23)24/h2-4,7-10,12H,5-6H2,1H3,(H,25,27,29). The molecule has 1 aliphatic carbocycles. The molecule has 3 aromatic heterocycles. The van der Waals surface area contributed by atoms with Crippen molar-refractivity contribution in [3.63, 3.8) is 0 Å². The highest BCUT2D eigenvalue weighted by molar-refractivity contribution is 5.88. The molecule has 9 heteroatoms. The summed E-state index contributed by atoms with van der Waals surface area (Å²) in [6.45, 7) is 1.76. The Bertz CT molecular complexity index is 1230. The van der Waals surface area contributed by atoms with E-state index in [4.69, 9.17) is 4.42 Å². The van der Waals surface area contributed by atoms with Gasteiger partial charge in [-0.05, 0) is 67.1 Å². The summed E-state index contributed by atoms with van der Waals surface area (Å²) >= 11 is 0. The number of alkyl halides is 3. The van der Waals surface area contributed by atoms with Gasteiger partial charge in [0.05, 0.1) is 11.1 Å². The number of pyridine rings is 2. The molecule has 152 valence electrons. The van der Waals surface area contributed by atoms with E-state index in [0.29, 0.717) is 22.3 Å². The molecule has 1 saturated carbocycles. The van der Waals surface area contributed by atoms with E-state index < -0.39 is 11.7 Å². The van der Waals surface area contributed by atoms with Crippen LogP contribution in [0.1, 0.15) is 35.4 Å². The quantitative estimate of drug-likeness (QED) is 0.469. The zero-order valence-corrected chi connectivity index (χ0v) is 15.9. The summed E-state index contributed by atoms with van der Waals surface area (Å²) in [7, 11) is 0. The second kappa shape index (κ2) is 6.79. The third-order valence-electron chi connectivity index (χ3n) is 5.04. The first-order chi connectivity index (χ1) is 14.4. The maximum Gasteiger partial charge on any atom is 0.418 e. The molecule has 1 aromatic carbocycles. The predicted molar refractivity (Wildman–Crippen MR) is 104 cm³/mol. The van der Waals surface area contributed by atoms with Crippen LogP contribution < -0.4 is 5.32 Å². The molecule has 1 fully saturated rings. The minimum Gasteiger partial charge on any atom is -0.401 e. The van der Waals surface area contributed by atoms with E-state index in [2.05, 4.69) is 25.5 Å². The molecule has 0 aliphatic heterocycles. The molecule has 0 amide bonds. The van der Waals surface area contributed by atoms with E-state index in [-0.39, 0.29) is 29.0 Å². The zero-order valence-electron chi connectivity index (χ0n) is 15.9. The lowest BCUT2D eigenvalue weighted by Crippen LogP contribution is -2.08. The third-order valence-corrected chi connectivity index (χ3v) is 5.04. The summed E-state index contributed by atoms with van der Waals surface area (Å²) in [5, 5.41) is 11.1. The van der Waals surface area contributed by atoms with E-state index in [1.807, 2.05) is 6.07 Å². The van der Waals surface area contributed by atoms with Gasteiger partial charge in [0.1, 0.15) is 11.5 Å². The minimum atomic E-state index is -4.51. The number of hydrogen-bond donors (Lipinski definition) is 1. The van der Waals surface area contributed by atoms with Crippen LogP contribution in [0.5, 0.6) is 0 Å². The molecule has 0 radical (unpaired) electrons. The molecule has 0 saturated heterocycles. The van der Waals surface area contributed by atoms with Crippen molar-refractivity contribution in [3.05, 3.63) is 59.3 Å². The highest BCUT2D eigenvalue weighted by Crippen LogP contribution is 2.45. The van der Waals surface area contributed by atoms with Crippen LogP contribution in [0, 0.1) is 6.92 Å². The lowest BCUT2D eigenvalue weighted by molar-refractivity contribution is -0.136. The molecule has 30 heavy (non-hydrogen) atoms. The molecule has 0 spiro atoms. The Hall–Kier alpha value is -3.49. The normalized spacial score (nSPS) is 14.3. The van der Waals surface area contributed by atoms with Crippen molar-refractivity contribution in [2.24, 2.45) is 0 Å². The number of aromatic nitrogens is 4. The van der Waals surface area contributed by atoms with Gasteiger partial charge in [-0.25, -0.2) is 9.97 Å². The van der Waals surface area contributed by atoms with Crippen molar-refractivity contribution in [1.82, 2.24) is 20.2 Å². The predicted octanol–water partition coefficient (Wildman–Crippen LogP) is 5.63. The van der Waals surface area contributed by atoms with Crippen molar-refractivity contribution in [3.8, 4) is 11.6 Å². The largest absolute Gasteiger partial charge is 0.418 e. The Morgan fingerprint density at radius 3 is 2.63 bits per heavy atom. The van der Waals surface area contributed by atoms with Crippen LogP contribution in [0.2, 0.25) is 0 Å². The summed E-state index contributed by atoms with van der Waals surface area (Å²) in [6, 6.07) is 10.0. The number of fused-ring (bicyclic) bond motifs is 1. The number of nitrogens with zero attached hydrogens (tertiary/aromatic N) is 4. The zero-order chi connectivity index (χ0) is 20.9. The smallest absolute Gasteiger partial charge is 0.401 e. The van der Waals surface area contributed by atoms with Gasteiger partial charge in [0, 0.05) is 11.6 Å². The monoisotopic (exact) mass is 411 g/mol. The highest BCUT2D eigenvalue weighted by Gasteiger charge is 2.36. The lowest BCUT2D eigenvalue weighted by Gasteiger charge is -2.14. The average Bonchev–Trinajstić information content (AvgIpc) is 3.46. The van der Waals surface area contributed by atoms with Crippen molar-refractivity contribution in [2.75, 3.05) is 5.32 Å². The van der Waals surface area contributed by atoms with Crippen molar-refractivity contribution in [1.29, 1.82) is 0 Å². The minimum absolute atomic E-state index is 0.0258. The first-order valence-electron chi connectivity index (χ1n) is 9.43. The molecular weight excluding hydrogens is 395 g/mol. The number of hydrogen-bond acceptors (Lipinski definition) is 6. The lowest BCUT2D eigenvalue weighted by atomic mass is 9.98. The van der Waals surface area contributed by atoms with Gasteiger partial charge in [0.25, 0.3) is 5.89 Å². The van der Waals surface area contributed by atoms with Crippen molar-refractivity contribution < 1.29 is 17.6 Å². The van der Waals surface area contributed by atoms with E-state index in [9.17, 15) is 13.2 Å². The van der Waals surface area contributed by atoms with Crippen LogP contribution in [0.3, 0.4) is 0 Å². The molecule has 0 atom stereocenters. The van der Waals surface area contributed by atoms with Gasteiger partial charge in [0.2, 0.25) is 0 Å². The van der Waals surface area contributed by atoms with Crippen LogP contribution in [0.15, 0.2) is 47.0 Å². The second-order valence-corrected chi connectivity index (χ2v) is 7.31. The van der Waals surface area contributed by atoms with E-state index >= 15 is 0 Å². The summed E-state index contributed by atoms with van der Waals surface area (Å²) in [5.41, 5.74) is 0.719. The maximum absolute atomic E-state index is 13.8. The van der Waals surface area contributed by atoms with E-state index in [1.165, 1.54) is 6.07 Å². The van der Waals surface area contributed by atoms with Crippen LogP contribution in [0.4, 0.5) is 25.0 Å². The molecule has 4 aromatic rings. The summed E-state index contributed by atoms with van der Waals surface area (Å²) < 4.78 is 46.9. The molecule has 3 heterocycles. The molecule has 1 N–H and O–H groups in total. The van der Waals surface area contributed by atoms with Crippen molar-refractivity contribution >= 4 is 22.7 Å². The Morgan fingerprint density at radius 2 is 1.93 bits per heavy atom. The Balaban J connectivity index is 1.58. The van der Waals surface area contributed by atoms with Gasteiger partial charge in [-0.15, -0.1) is 5.10 Å². The summed E-state index contributed by atoms with van der Waals surface area (Å²) in [4.78, 5) is 8.35. The number of aryl methyl sites for hydroxylation is 1. The number of halogens is 3. The molecular formula is C21H16F3N5O. The van der Waals surface area contributed by atoms with E-state index in [1.54, 1.807) is 37.4 Å². The summed E-state index contributed by atoms with van der Waals surface area (Å²) in [5.74, 6) is 0.728. The number of anilines is 2. The van der Waals surface area contributed by atoms with Gasteiger partial charge in [-0.3, -0.25) is 5.32 Å². The molecule has 1 aliphatic rings. The molecule has 0 unspecified atom stereocenters. The fourth-order valence-electron chi connectivity index (χ4n) is 3.41. The molecule has 6 nitrogen and oxygen atoms in total. The maximum atomic E-state index is 13.8. The van der Waals surface area contributed by atoms with Crippen molar-refractivity contribution in [2.45, 2.75) is 31.9 Å². The Kier molecular flexibility index (Phi) is 4.19. The van der Waals surface area contributed by atoms with Crippen LogP contribution in [-0.4, -0.2) is 20.2 Å².